The maximum atomic E-state index is 5.55. The molecule has 0 atom stereocenters. The molecule has 0 spiro atoms. The van der Waals surface area contributed by atoms with Crippen molar-refractivity contribution in [2.45, 2.75) is 19.3 Å². The van der Waals surface area contributed by atoms with E-state index in [2.05, 4.69) is 234 Å². The number of benzene rings is 8. The lowest BCUT2D eigenvalue weighted by Crippen LogP contribution is -2.17. The molecule has 0 fully saturated rings. The highest BCUT2D eigenvalue weighted by atomic mass is 15.2. The summed E-state index contributed by atoms with van der Waals surface area (Å²) >= 11 is 0. The largest absolute Gasteiger partial charge is 0.310 e. The fraction of sp³-hybridized carbons (Fsp3) is 0.0577. The lowest BCUT2D eigenvalue weighted by atomic mass is 9.82. The third-order valence-electron chi connectivity index (χ3n) is 11.1. The molecule has 0 saturated carbocycles. The van der Waals surface area contributed by atoms with Gasteiger partial charge in [0.05, 0.1) is 16.7 Å². The lowest BCUT2D eigenvalue weighted by Gasteiger charge is -2.32. The molecule has 0 bridgehead atoms. The van der Waals surface area contributed by atoms with Crippen molar-refractivity contribution in [3.05, 3.63) is 217 Å². The molecule has 0 amide bonds. The molecule has 0 aliphatic heterocycles. The molecule has 0 radical (unpaired) electrons. The molecular formula is C52H40N4. The van der Waals surface area contributed by atoms with Gasteiger partial charge in [-0.2, -0.15) is 0 Å². The van der Waals surface area contributed by atoms with Crippen molar-refractivity contribution in [2.75, 3.05) is 9.80 Å². The van der Waals surface area contributed by atoms with Gasteiger partial charge in [-0.05, 0) is 89.5 Å². The first kappa shape index (κ1) is 33.4. The van der Waals surface area contributed by atoms with Gasteiger partial charge in [-0.3, -0.25) is 4.57 Å². The molecular weight excluding hydrogens is 681 g/mol. The molecule has 268 valence electrons. The fourth-order valence-corrected chi connectivity index (χ4v) is 8.56. The minimum absolute atomic E-state index is 0.250. The van der Waals surface area contributed by atoms with Gasteiger partial charge in [-0.15, -0.1) is 0 Å². The van der Waals surface area contributed by atoms with Gasteiger partial charge in [0.15, 0.2) is 0 Å². The second kappa shape index (κ2) is 13.6. The summed E-state index contributed by atoms with van der Waals surface area (Å²) in [5, 5.41) is 0. The Bertz CT molecular complexity index is 2770. The number of anilines is 6. The van der Waals surface area contributed by atoms with Crippen molar-refractivity contribution >= 4 is 45.2 Å². The highest BCUT2D eigenvalue weighted by Crippen LogP contribution is 2.57. The first-order chi connectivity index (χ1) is 27.6. The van der Waals surface area contributed by atoms with E-state index < -0.39 is 0 Å². The maximum Gasteiger partial charge on any atom is 0.145 e. The lowest BCUT2D eigenvalue weighted by molar-refractivity contribution is 0.661. The zero-order chi connectivity index (χ0) is 37.6. The smallest absolute Gasteiger partial charge is 0.145 e. The predicted molar refractivity (Wildman–Crippen MR) is 233 cm³/mol. The first-order valence-corrected chi connectivity index (χ1v) is 19.2. The monoisotopic (exact) mass is 720 g/mol. The van der Waals surface area contributed by atoms with Crippen molar-refractivity contribution in [1.82, 2.24) is 9.55 Å². The summed E-state index contributed by atoms with van der Waals surface area (Å²) in [6.45, 7) is 4.70. The van der Waals surface area contributed by atoms with E-state index in [9.17, 15) is 0 Å². The summed E-state index contributed by atoms with van der Waals surface area (Å²) in [6, 6.07) is 73.5. The van der Waals surface area contributed by atoms with Crippen LogP contribution in [0.15, 0.2) is 206 Å². The zero-order valence-corrected chi connectivity index (χ0v) is 31.4. The normalized spacial score (nSPS) is 12.6. The standard InChI is InChI=1S/C52H40N4/c1-52(2)45-34-19-18-33-44(45)48-46(52)36-47-49(56(41-29-16-7-17-30-41)51(53-47)37-21-8-3-9-22-37)50(48)55(40-27-14-6-15-28-40)43-32-20-31-42(35-43)54(38-23-10-4-11-24-38)39-25-12-5-13-26-39/h3-36H,1-2H3. The highest BCUT2D eigenvalue weighted by molar-refractivity contribution is 6.09. The van der Waals surface area contributed by atoms with Crippen LogP contribution in [0.3, 0.4) is 0 Å². The van der Waals surface area contributed by atoms with Crippen molar-refractivity contribution < 1.29 is 0 Å². The van der Waals surface area contributed by atoms with Crippen LogP contribution in [0.1, 0.15) is 25.0 Å². The third kappa shape index (κ3) is 5.49. The van der Waals surface area contributed by atoms with E-state index in [-0.39, 0.29) is 5.41 Å². The van der Waals surface area contributed by atoms with Gasteiger partial charge in [0, 0.05) is 50.7 Å². The molecule has 1 aromatic heterocycles. The molecule has 1 aliphatic carbocycles. The Morgan fingerprint density at radius 1 is 0.446 bits per heavy atom. The predicted octanol–water partition coefficient (Wildman–Crippen LogP) is 13.9. The van der Waals surface area contributed by atoms with Crippen LogP contribution in [0, 0.1) is 0 Å². The SMILES string of the molecule is CC1(C)c2ccccc2-c2c1cc1nc(-c3ccccc3)n(-c3ccccc3)c1c2N(c1ccccc1)c1cccc(N(c2ccccc2)c2ccccc2)c1. The van der Waals surface area contributed by atoms with Crippen LogP contribution in [0.5, 0.6) is 0 Å². The molecule has 56 heavy (non-hydrogen) atoms. The number of aromatic nitrogens is 2. The van der Waals surface area contributed by atoms with Gasteiger partial charge in [-0.1, -0.05) is 147 Å². The summed E-state index contributed by atoms with van der Waals surface area (Å²) in [6.07, 6.45) is 0. The summed E-state index contributed by atoms with van der Waals surface area (Å²) < 4.78 is 2.37. The number of nitrogens with zero attached hydrogens (tertiary/aromatic N) is 4. The average molecular weight is 721 g/mol. The molecule has 4 heteroatoms. The van der Waals surface area contributed by atoms with Crippen LogP contribution < -0.4 is 9.80 Å². The van der Waals surface area contributed by atoms with E-state index in [1.807, 2.05) is 0 Å². The van der Waals surface area contributed by atoms with Crippen molar-refractivity contribution in [1.29, 1.82) is 0 Å². The number of para-hydroxylation sites is 4. The molecule has 9 aromatic rings. The maximum absolute atomic E-state index is 5.55. The Labute approximate surface area is 328 Å². The van der Waals surface area contributed by atoms with Gasteiger partial charge in [0.2, 0.25) is 0 Å². The molecule has 10 rings (SSSR count). The quantitative estimate of drug-likeness (QED) is 0.156. The number of fused-ring (bicyclic) bond motifs is 4. The summed E-state index contributed by atoms with van der Waals surface area (Å²) in [4.78, 5) is 10.3. The molecule has 0 N–H and O–H groups in total. The van der Waals surface area contributed by atoms with E-state index >= 15 is 0 Å². The van der Waals surface area contributed by atoms with Crippen LogP contribution >= 0.6 is 0 Å². The van der Waals surface area contributed by atoms with Gasteiger partial charge in [-0.25, -0.2) is 4.98 Å². The second-order valence-electron chi connectivity index (χ2n) is 14.9. The summed E-state index contributed by atoms with van der Waals surface area (Å²) in [5.74, 6) is 0.906. The van der Waals surface area contributed by atoms with E-state index in [0.717, 1.165) is 62.2 Å². The van der Waals surface area contributed by atoms with Crippen LogP contribution in [0.4, 0.5) is 34.1 Å². The Balaban J connectivity index is 1.34. The Hall–Kier alpha value is -7.17. The van der Waals surface area contributed by atoms with Crippen LogP contribution in [-0.4, -0.2) is 9.55 Å². The van der Waals surface area contributed by atoms with Crippen molar-refractivity contribution in [3.8, 4) is 28.2 Å². The summed E-state index contributed by atoms with van der Waals surface area (Å²) in [5.41, 5.74) is 15.4. The minimum Gasteiger partial charge on any atom is -0.310 e. The number of imidazole rings is 1. The van der Waals surface area contributed by atoms with Crippen LogP contribution in [0.25, 0.3) is 39.2 Å². The van der Waals surface area contributed by atoms with Crippen molar-refractivity contribution in [2.24, 2.45) is 0 Å². The Morgan fingerprint density at radius 2 is 0.929 bits per heavy atom. The molecule has 8 aromatic carbocycles. The molecule has 0 unspecified atom stereocenters. The second-order valence-corrected chi connectivity index (χ2v) is 14.9. The van der Waals surface area contributed by atoms with E-state index in [1.165, 1.54) is 22.3 Å². The van der Waals surface area contributed by atoms with Gasteiger partial charge in [0.25, 0.3) is 0 Å². The average Bonchev–Trinajstić information content (AvgIpc) is 3.75. The van der Waals surface area contributed by atoms with Crippen LogP contribution in [0.2, 0.25) is 0 Å². The van der Waals surface area contributed by atoms with Gasteiger partial charge in [0.1, 0.15) is 5.82 Å². The number of hydrogen-bond donors (Lipinski definition) is 0. The zero-order valence-electron chi connectivity index (χ0n) is 31.4. The van der Waals surface area contributed by atoms with Crippen molar-refractivity contribution in [3.63, 3.8) is 0 Å². The fourth-order valence-electron chi connectivity index (χ4n) is 8.56. The highest BCUT2D eigenvalue weighted by Gasteiger charge is 2.40. The first-order valence-electron chi connectivity index (χ1n) is 19.2. The van der Waals surface area contributed by atoms with Gasteiger partial charge < -0.3 is 9.80 Å². The number of hydrogen-bond acceptors (Lipinski definition) is 3. The topological polar surface area (TPSA) is 24.3 Å². The Morgan fingerprint density at radius 3 is 1.54 bits per heavy atom. The number of rotatable bonds is 8. The molecule has 1 aliphatic rings. The Kier molecular flexibility index (Phi) is 8.11. The molecule has 4 nitrogen and oxygen atoms in total. The van der Waals surface area contributed by atoms with E-state index in [0.29, 0.717) is 0 Å². The summed E-state index contributed by atoms with van der Waals surface area (Å²) in [7, 11) is 0. The molecule has 1 heterocycles. The third-order valence-corrected chi connectivity index (χ3v) is 11.1. The van der Waals surface area contributed by atoms with E-state index in [1.54, 1.807) is 0 Å². The minimum atomic E-state index is -0.250. The van der Waals surface area contributed by atoms with Crippen LogP contribution in [-0.2, 0) is 5.41 Å². The van der Waals surface area contributed by atoms with Gasteiger partial charge >= 0.3 is 0 Å². The van der Waals surface area contributed by atoms with E-state index in [4.69, 9.17) is 4.98 Å². The molecule has 0 saturated heterocycles.